The maximum absolute atomic E-state index is 13.4. The first-order valence-electron chi connectivity index (χ1n) is 7.61. The van der Waals surface area contributed by atoms with E-state index < -0.39 is 12.2 Å². The van der Waals surface area contributed by atoms with Gasteiger partial charge in [-0.1, -0.05) is 0 Å². The van der Waals surface area contributed by atoms with E-state index in [-0.39, 0.29) is 12.2 Å². The monoisotopic (exact) mass is 406 g/mol. The highest BCUT2D eigenvalue weighted by Gasteiger charge is 2.22. The molecular formula is C17H16BrFN4O2. The molecule has 3 aromatic heterocycles. The van der Waals surface area contributed by atoms with Gasteiger partial charge in [-0.05, 0) is 40.9 Å². The Balaban J connectivity index is 1.99. The Morgan fingerprint density at radius 3 is 2.92 bits per heavy atom. The summed E-state index contributed by atoms with van der Waals surface area (Å²) < 4.78 is 25.1. The highest BCUT2D eigenvalue weighted by atomic mass is 79.9. The van der Waals surface area contributed by atoms with Crippen LogP contribution in [0.1, 0.15) is 24.3 Å². The Bertz CT molecular complexity index is 915. The van der Waals surface area contributed by atoms with Crippen molar-refractivity contribution in [2.75, 3.05) is 5.32 Å². The van der Waals surface area contributed by atoms with Gasteiger partial charge < -0.3 is 19.9 Å². The normalized spacial score (nSPS) is 13.6. The number of anilines is 1. The predicted octanol–water partition coefficient (Wildman–Crippen LogP) is 3.40. The summed E-state index contributed by atoms with van der Waals surface area (Å²) in [6.07, 6.45) is 6.08. The molecule has 8 heteroatoms. The molecule has 0 aliphatic heterocycles. The Kier molecular flexibility index (Phi) is 5.06. The fourth-order valence-electron chi connectivity index (χ4n) is 2.27. The predicted molar refractivity (Wildman–Crippen MR) is 95.7 cm³/mol. The minimum absolute atomic E-state index is 0.214. The number of nitrogens with two attached hydrogens (primary N) is 1. The molecule has 3 rings (SSSR count). The van der Waals surface area contributed by atoms with Crippen LogP contribution in [-0.4, -0.2) is 22.2 Å². The molecule has 3 aromatic rings. The van der Waals surface area contributed by atoms with Crippen molar-refractivity contribution in [3.63, 3.8) is 0 Å². The van der Waals surface area contributed by atoms with Gasteiger partial charge in [0.1, 0.15) is 23.2 Å². The van der Waals surface area contributed by atoms with Gasteiger partial charge in [-0.3, -0.25) is 0 Å². The van der Waals surface area contributed by atoms with Crippen LogP contribution in [0.15, 0.2) is 31.7 Å². The summed E-state index contributed by atoms with van der Waals surface area (Å²) in [5, 5.41) is 3.12. The number of nitrogens with one attached hydrogen (secondary N) is 1. The van der Waals surface area contributed by atoms with Gasteiger partial charge in [0.05, 0.1) is 17.3 Å². The summed E-state index contributed by atoms with van der Waals surface area (Å²) in [5.74, 6) is 4.29. The summed E-state index contributed by atoms with van der Waals surface area (Å²) >= 11 is 3.44. The minimum atomic E-state index is -1.16. The van der Waals surface area contributed by atoms with Crippen molar-refractivity contribution in [1.82, 2.24) is 9.97 Å². The highest BCUT2D eigenvalue weighted by molar-refractivity contribution is 9.10. The number of rotatable bonds is 6. The van der Waals surface area contributed by atoms with E-state index in [9.17, 15) is 4.39 Å². The summed E-state index contributed by atoms with van der Waals surface area (Å²) in [4.78, 5) is 8.55. The molecule has 6 nitrogen and oxygen atoms in total. The minimum Gasteiger partial charge on any atom is -0.467 e. The molecule has 0 aromatic carbocycles. The van der Waals surface area contributed by atoms with E-state index in [4.69, 9.17) is 21.0 Å². The van der Waals surface area contributed by atoms with Crippen LogP contribution in [0, 0.1) is 12.3 Å². The lowest BCUT2D eigenvalue weighted by Crippen LogP contribution is -2.31. The third-order valence-corrected chi connectivity index (χ3v) is 4.51. The summed E-state index contributed by atoms with van der Waals surface area (Å²) in [7, 11) is 0. The number of halogens is 2. The third kappa shape index (κ3) is 3.67. The lowest BCUT2D eigenvalue weighted by Gasteiger charge is -2.10. The average molecular weight is 407 g/mol. The van der Waals surface area contributed by atoms with Crippen LogP contribution < -0.4 is 11.1 Å². The highest BCUT2D eigenvalue weighted by Crippen LogP contribution is 2.34. The molecule has 130 valence electrons. The standard InChI is InChI=1S/C17H16BrFN4O2/c1-3-13-22-15-14(18)12(7-11(20)9(2)19)25-16(15)17(23-13)21-8-10-5-4-6-24-10/h1,4-6,9,11H,7-8,20H2,2H3,(H,21,22,23)/t9-,11+/m0/s1. The molecule has 0 aliphatic carbocycles. The summed E-state index contributed by atoms with van der Waals surface area (Å²) in [6.45, 7) is 1.81. The number of terminal acetylenes is 1. The largest absolute Gasteiger partial charge is 0.467 e. The van der Waals surface area contributed by atoms with Crippen molar-refractivity contribution in [2.24, 2.45) is 5.73 Å². The van der Waals surface area contributed by atoms with E-state index in [2.05, 4.69) is 37.1 Å². The number of hydrogen-bond donors (Lipinski definition) is 2. The molecule has 3 heterocycles. The molecule has 0 unspecified atom stereocenters. The second kappa shape index (κ2) is 7.25. The molecule has 3 N–H and O–H groups in total. The Labute approximate surface area is 152 Å². The van der Waals surface area contributed by atoms with Crippen molar-refractivity contribution in [3.05, 3.63) is 40.2 Å². The summed E-state index contributed by atoms with van der Waals surface area (Å²) in [5.41, 5.74) is 6.74. The van der Waals surface area contributed by atoms with Gasteiger partial charge in [-0.15, -0.1) is 6.42 Å². The molecule has 0 amide bonds. The SMILES string of the molecule is C#Cc1nc(NCc2ccco2)c2oc(C[C@@H](N)[C@H](C)F)c(Br)c2n1. The quantitative estimate of drug-likeness (QED) is 0.609. The van der Waals surface area contributed by atoms with Gasteiger partial charge in [0.15, 0.2) is 11.4 Å². The van der Waals surface area contributed by atoms with Crippen LogP contribution >= 0.6 is 15.9 Å². The number of hydrogen-bond acceptors (Lipinski definition) is 6. The van der Waals surface area contributed by atoms with E-state index in [1.807, 2.05) is 6.07 Å². The van der Waals surface area contributed by atoms with E-state index in [1.165, 1.54) is 6.92 Å². The Hall–Kier alpha value is -2.37. The van der Waals surface area contributed by atoms with Crippen molar-refractivity contribution >= 4 is 32.8 Å². The van der Waals surface area contributed by atoms with Gasteiger partial charge in [0.2, 0.25) is 5.82 Å². The van der Waals surface area contributed by atoms with Crippen LogP contribution in [0.3, 0.4) is 0 Å². The van der Waals surface area contributed by atoms with E-state index >= 15 is 0 Å². The van der Waals surface area contributed by atoms with Crippen molar-refractivity contribution < 1.29 is 13.2 Å². The molecule has 0 spiro atoms. The second-order valence-corrected chi connectivity index (χ2v) is 6.33. The lowest BCUT2D eigenvalue weighted by atomic mass is 10.1. The number of aromatic nitrogens is 2. The molecule has 0 bridgehead atoms. The second-order valence-electron chi connectivity index (χ2n) is 5.54. The molecule has 2 atom stereocenters. The average Bonchev–Trinajstić information content (AvgIpc) is 3.22. The van der Waals surface area contributed by atoms with Crippen LogP contribution in [-0.2, 0) is 13.0 Å². The molecule has 0 fully saturated rings. The van der Waals surface area contributed by atoms with Crippen molar-refractivity contribution in [1.29, 1.82) is 0 Å². The van der Waals surface area contributed by atoms with Crippen molar-refractivity contribution in [2.45, 2.75) is 32.1 Å². The van der Waals surface area contributed by atoms with E-state index in [0.29, 0.717) is 33.7 Å². The van der Waals surface area contributed by atoms with E-state index in [0.717, 1.165) is 5.76 Å². The smallest absolute Gasteiger partial charge is 0.207 e. The zero-order valence-corrected chi connectivity index (χ0v) is 15.0. The van der Waals surface area contributed by atoms with E-state index in [1.54, 1.807) is 12.3 Å². The number of fused-ring (bicyclic) bond motifs is 1. The molecule has 0 saturated carbocycles. The third-order valence-electron chi connectivity index (χ3n) is 3.69. The molecule has 0 radical (unpaired) electrons. The number of alkyl halides is 1. The van der Waals surface area contributed by atoms with Gasteiger partial charge >= 0.3 is 0 Å². The Morgan fingerprint density at radius 2 is 2.28 bits per heavy atom. The van der Waals surface area contributed by atoms with Crippen LogP contribution in [0.5, 0.6) is 0 Å². The van der Waals surface area contributed by atoms with Gasteiger partial charge in [0.25, 0.3) is 0 Å². The zero-order valence-electron chi connectivity index (χ0n) is 13.4. The molecular weight excluding hydrogens is 391 g/mol. The number of nitrogens with zero attached hydrogens (tertiary/aromatic N) is 2. The van der Waals surface area contributed by atoms with Crippen LogP contribution in [0.4, 0.5) is 10.2 Å². The maximum Gasteiger partial charge on any atom is 0.207 e. The van der Waals surface area contributed by atoms with Crippen LogP contribution in [0.2, 0.25) is 0 Å². The van der Waals surface area contributed by atoms with Crippen molar-refractivity contribution in [3.8, 4) is 12.3 Å². The van der Waals surface area contributed by atoms with Crippen LogP contribution in [0.25, 0.3) is 11.1 Å². The number of furan rings is 2. The fraction of sp³-hybridized carbons (Fsp3) is 0.294. The molecule has 25 heavy (non-hydrogen) atoms. The maximum atomic E-state index is 13.4. The first-order valence-corrected chi connectivity index (χ1v) is 8.40. The van der Waals surface area contributed by atoms with Gasteiger partial charge in [0, 0.05) is 12.5 Å². The first kappa shape index (κ1) is 17.5. The topological polar surface area (TPSA) is 90.1 Å². The fourth-order valence-corrected chi connectivity index (χ4v) is 2.78. The van der Waals surface area contributed by atoms with Gasteiger partial charge in [-0.2, -0.15) is 4.98 Å². The molecule has 0 saturated heterocycles. The zero-order chi connectivity index (χ0) is 18.0. The summed E-state index contributed by atoms with van der Waals surface area (Å²) in [6, 6.07) is 2.94. The molecule has 0 aliphatic rings. The van der Waals surface area contributed by atoms with Gasteiger partial charge in [-0.25, -0.2) is 9.37 Å². The lowest BCUT2D eigenvalue weighted by molar-refractivity contribution is 0.295. The first-order chi connectivity index (χ1) is 12.0. The Morgan fingerprint density at radius 1 is 1.48 bits per heavy atom.